The molecule has 0 saturated heterocycles. The Balaban J connectivity index is 1.87. The van der Waals surface area contributed by atoms with Crippen LogP contribution in [0.1, 0.15) is 21.5 Å². The third kappa shape index (κ3) is 5.49. The third-order valence-corrected chi connectivity index (χ3v) is 5.78. The average Bonchev–Trinajstić information content (AvgIpc) is 3.05. The van der Waals surface area contributed by atoms with Crippen molar-refractivity contribution >= 4 is 50.2 Å². The van der Waals surface area contributed by atoms with Crippen LogP contribution in [0.3, 0.4) is 0 Å². The fourth-order valence-corrected chi connectivity index (χ4v) is 4.34. The molecule has 0 bridgehead atoms. The van der Waals surface area contributed by atoms with Gasteiger partial charge in [-0.1, -0.05) is 18.5 Å². The highest BCUT2D eigenvalue weighted by molar-refractivity contribution is 7.92. The Hall–Kier alpha value is -2.56. The van der Waals surface area contributed by atoms with Gasteiger partial charge in [0.05, 0.1) is 29.2 Å². The number of sulfonamides is 1. The first-order valence-corrected chi connectivity index (χ1v) is 11.4. The minimum Gasteiger partial charge on any atom is -0.321 e. The molecule has 7 nitrogen and oxygen atoms in total. The molecule has 0 aliphatic carbocycles. The lowest BCUT2D eigenvalue weighted by Crippen LogP contribution is -2.12. The summed E-state index contributed by atoms with van der Waals surface area (Å²) in [5.41, 5.74) is 1.23. The predicted octanol–water partition coefficient (Wildman–Crippen LogP) is 4.18. The fraction of sp³-hybridized carbons (Fsp3) is 0.167. The molecule has 3 rings (SSSR count). The maximum absolute atomic E-state index is 13.1. The van der Waals surface area contributed by atoms with Crippen LogP contribution in [-0.2, 0) is 16.4 Å². The van der Waals surface area contributed by atoms with Crippen LogP contribution in [0.15, 0.2) is 36.7 Å². The van der Waals surface area contributed by atoms with E-state index in [0.29, 0.717) is 28.4 Å². The molecule has 0 spiro atoms. The largest absolute Gasteiger partial charge is 0.321 e. The maximum Gasteiger partial charge on any atom is 0.265 e. The number of thiophene rings is 1. The minimum absolute atomic E-state index is 0.233. The fourth-order valence-electron chi connectivity index (χ4n) is 2.57. The van der Waals surface area contributed by atoms with Gasteiger partial charge in [-0.05, 0) is 30.7 Å². The quantitative estimate of drug-likeness (QED) is 0.581. The molecule has 2 N–H and O–H groups in total. The van der Waals surface area contributed by atoms with E-state index < -0.39 is 21.7 Å². The van der Waals surface area contributed by atoms with Gasteiger partial charge in [0.25, 0.3) is 5.91 Å². The Morgan fingerprint density at radius 3 is 2.45 bits per heavy atom. The number of carbonyl (C=O) groups excluding carboxylic acids is 1. The molecule has 0 saturated carbocycles. The van der Waals surface area contributed by atoms with Gasteiger partial charge in [0, 0.05) is 21.2 Å². The monoisotopic (exact) mass is 454 g/mol. The van der Waals surface area contributed by atoms with Crippen molar-refractivity contribution in [3.8, 4) is 11.4 Å². The number of halogens is 2. The first-order chi connectivity index (χ1) is 13.6. The van der Waals surface area contributed by atoms with Crippen LogP contribution in [0.25, 0.3) is 11.4 Å². The molecule has 1 amide bonds. The standard InChI is InChI=1S/C18H16ClFN4O3S2/c1-3-15-14(17-21-8-11(20)9-22-17)7-16(28-15)18(25)23-12-4-10(19)5-13(6-12)24-29(2,26)27/h4-9,24H,3H2,1-2H3,(H,23,25). The second-order valence-corrected chi connectivity index (χ2v) is 9.40. The van der Waals surface area contributed by atoms with E-state index in [1.165, 1.54) is 29.5 Å². The summed E-state index contributed by atoms with van der Waals surface area (Å²) >= 11 is 7.30. The SMILES string of the molecule is CCc1sc(C(=O)Nc2cc(Cl)cc(NS(C)(=O)=O)c2)cc1-c1ncc(F)cn1. The molecule has 2 heterocycles. The van der Waals surface area contributed by atoms with Crippen LogP contribution in [0.2, 0.25) is 5.02 Å². The van der Waals surface area contributed by atoms with E-state index in [1.807, 2.05) is 6.92 Å². The third-order valence-electron chi connectivity index (χ3n) is 3.67. The van der Waals surface area contributed by atoms with Crippen LogP contribution < -0.4 is 10.0 Å². The number of benzene rings is 1. The van der Waals surface area contributed by atoms with Crippen molar-refractivity contribution in [2.45, 2.75) is 13.3 Å². The van der Waals surface area contributed by atoms with Gasteiger partial charge in [0.15, 0.2) is 11.6 Å². The number of rotatable bonds is 6. The molecule has 0 unspecified atom stereocenters. The number of carbonyl (C=O) groups is 1. The zero-order valence-corrected chi connectivity index (χ0v) is 17.8. The van der Waals surface area contributed by atoms with Crippen molar-refractivity contribution < 1.29 is 17.6 Å². The number of hydrogen-bond acceptors (Lipinski definition) is 6. The van der Waals surface area contributed by atoms with Gasteiger partial charge in [0.1, 0.15) is 0 Å². The molecule has 0 aliphatic heterocycles. The number of aryl methyl sites for hydroxylation is 1. The lowest BCUT2D eigenvalue weighted by molar-refractivity contribution is 0.103. The first kappa shape index (κ1) is 21.2. The second kappa shape index (κ2) is 8.44. The van der Waals surface area contributed by atoms with Crippen LogP contribution in [0, 0.1) is 5.82 Å². The Kier molecular flexibility index (Phi) is 6.15. The first-order valence-electron chi connectivity index (χ1n) is 8.35. The van der Waals surface area contributed by atoms with Crippen molar-refractivity contribution in [1.29, 1.82) is 0 Å². The van der Waals surface area contributed by atoms with Gasteiger partial charge >= 0.3 is 0 Å². The van der Waals surface area contributed by atoms with E-state index in [1.54, 1.807) is 6.07 Å². The number of nitrogens with zero attached hydrogens (tertiary/aromatic N) is 2. The van der Waals surface area contributed by atoms with Crippen LogP contribution in [0.5, 0.6) is 0 Å². The van der Waals surface area contributed by atoms with E-state index in [-0.39, 0.29) is 10.7 Å². The summed E-state index contributed by atoms with van der Waals surface area (Å²) in [5.74, 6) is -0.606. The number of nitrogens with one attached hydrogen (secondary N) is 2. The Labute approximate surface area is 176 Å². The lowest BCUT2D eigenvalue weighted by atomic mass is 10.2. The molecule has 0 fully saturated rings. The van der Waals surface area contributed by atoms with Crippen molar-refractivity contribution in [2.75, 3.05) is 16.3 Å². The molecule has 3 aromatic rings. The van der Waals surface area contributed by atoms with E-state index in [9.17, 15) is 17.6 Å². The molecular formula is C18H16ClFN4O3S2. The average molecular weight is 455 g/mol. The lowest BCUT2D eigenvalue weighted by Gasteiger charge is -2.09. The summed E-state index contributed by atoms with van der Waals surface area (Å²) in [6.07, 6.45) is 3.81. The number of amides is 1. The summed E-state index contributed by atoms with van der Waals surface area (Å²) in [6.45, 7) is 1.93. The van der Waals surface area contributed by atoms with Crippen molar-refractivity contribution in [2.24, 2.45) is 0 Å². The van der Waals surface area contributed by atoms with Gasteiger partial charge in [-0.3, -0.25) is 9.52 Å². The van der Waals surface area contributed by atoms with Gasteiger partial charge in [-0.25, -0.2) is 22.8 Å². The molecule has 0 aliphatic rings. The van der Waals surface area contributed by atoms with Gasteiger partial charge in [0.2, 0.25) is 10.0 Å². The van der Waals surface area contributed by atoms with Gasteiger partial charge in [-0.15, -0.1) is 11.3 Å². The van der Waals surface area contributed by atoms with Crippen LogP contribution >= 0.6 is 22.9 Å². The number of aromatic nitrogens is 2. The Morgan fingerprint density at radius 2 is 1.83 bits per heavy atom. The van der Waals surface area contributed by atoms with Crippen LogP contribution in [-0.4, -0.2) is 30.5 Å². The van der Waals surface area contributed by atoms with E-state index in [2.05, 4.69) is 20.0 Å². The predicted molar refractivity (Wildman–Crippen MR) is 113 cm³/mol. The van der Waals surface area contributed by atoms with Gasteiger partial charge < -0.3 is 5.32 Å². The Morgan fingerprint density at radius 1 is 1.17 bits per heavy atom. The van der Waals surface area contributed by atoms with E-state index in [4.69, 9.17) is 11.6 Å². The topological polar surface area (TPSA) is 101 Å². The zero-order valence-electron chi connectivity index (χ0n) is 15.4. The van der Waals surface area contributed by atoms with Crippen LogP contribution in [0.4, 0.5) is 15.8 Å². The highest BCUT2D eigenvalue weighted by atomic mass is 35.5. The van der Waals surface area contributed by atoms with Crippen molar-refractivity contribution in [3.63, 3.8) is 0 Å². The molecule has 0 atom stereocenters. The molecule has 11 heteroatoms. The van der Waals surface area contributed by atoms with E-state index >= 15 is 0 Å². The molecule has 152 valence electrons. The second-order valence-electron chi connectivity index (χ2n) is 6.08. The van der Waals surface area contributed by atoms with Crippen molar-refractivity contribution in [1.82, 2.24) is 9.97 Å². The zero-order chi connectivity index (χ0) is 21.2. The minimum atomic E-state index is -3.49. The number of hydrogen-bond donors (Lipinski definition) is 2. The summed E-state index contributed by atoms with van der Waals surface area (Å²) in [6, 6.07) is 6.04. The number of anilines is 2. The van der Waals surface area contributed by atoms with Gasteiger partial charge in [-0.2, -0.15) is 0 Å². The maximum atomic E-state index is 13.1. The summed E-state index contributed by atoms with van der Waals surface area (Å²) in [4.78, 5) is 21.9. The summed E-state index contributed by atoms with van der Waals surface area (Å²) in [5, 5.41) is 2.96. The smallest absolute Gasteiger partial charge is 0.265 e. The highest BCUT2D eigenvalue weighted by Crippen LogP contribution is 2.31. The molecule has 29 heavy (non-hydrogen) atoms. The molecule has 1 aromatic carbocycles. The molecular weight excluding hydrogens is 439 g/mol. The van der Waals surface area contributed by atoms with Crippen molar-refractivity contribution in [3.05, 3.63) is 57.3 Å². The summed E-state index contributed by atoms with van der Waals surface area (Å²) in [7, 11) is -3.49. The Bertz CT molecular complexity index is 1160. The highest BCUT2D eigenvalue weighted by Gasteiger charge is 2.17. The summed E-state index contributed by atoms with van der Waals surface area (Å²) < 4.78 is 38.2. The normalized spacial score (nSPS) is 11.3. The molecule has 2 aromatic heterocycles. The van der Waals surface area contributed by atoms with E-state index in [0.717, 1.165) is 23.5 Å². The molecule has 0 radical (unpaired) electrons.